The Hall–Kier alpha value is -1.87. The van der Waals surface area contributed by atoms with Crippen molar-refractivity contribution in [3.05, 3.63) is 29.3 Å². The Morgan fingerprint density at radius 1 is 1.39 bits per heavy atom. The van der Waals surface area contributed by atoms with E-state index in [-0.39, 0.29) is 0 Å². The summed E-state index contributed by atoms with van der Waals surface area (Å²) < 4.78 is 1.72. The first-order valence-corrected chi connectivity index (χ1v) is 6.56. The fourth-order valence-corrected chi connectivity index (χ4v) is 2.38. The maximum absolute atomic E-state index is 8.53. The number of tetrazole rings is 1. The van der Waals surface area contributed by atoms with E-state index in [0.717, 1.165) is 16.4 Å². The Labute approximate surface area is 110 Å². The summed E-state index contributed by atoms with van der Waals surface area (Å²) in [6.07, 6.45) is 0.490. The van der Waals surface area contributed by atoms with Crippen molar-refractivity contribution < 1.29 is 0 Å². The molecule has 1 aromatic carbocycles. The Morgan fingerprint density at radius 2 is 2.22 bits per heavy atom. The average Bonchev–Trinajstić information content (AvgIpc) is 2.78. The molecule has 5 nitrogen and oxygen atoms in total. The van der Waals surface area contributed by atoms with Crippen LogP contribution in [-0.2, 0) is 0 Å². The third-order valence-corrected chi connectivity index (χ3v) is 3.39. The summed E-state index contributed by atoms with van der Waals surface area (Å²) in [4.78, 5) is 0. The molecule has 0 unspecified atom stereocenters. The molecule has 0 spiro atoms. The lowest BCUT2D eigenvalue weighted by atomic mass is 10.1. The van der Waals surface area contributed by atoms with Gasteiger partial charge in [-0.05, 0) is 35.9 Å². The number of nitrogens with zero attached hydrogens (tertiary/aromatic N) is 5. The molecule has 1 heterocycles. The molecule has 1 aromatic heterocycles. The maximum atomic E-state index is 8.53. The average molecular weight is 259 g/mol. The molecule has 2 aromatic rings. The van der Waals surface area contributed by atoms with Crippen molar-refractivity contribution in [3.63, 3.8) is 0 Å². The van der Waals surface area contributed by atoms with E-state index in [4.69, 9.17) is 5.26 Å². The van der Waals surface area contributed by atoms with Gasteiger partial charge < -0.3 is 0 Å². The third-order valence-electron chi connectivity index (χ3n) is 2.47. The molecule has 6 heteroatoms. The predicted octanol–water partition coefficient (Wildman–Crippen LogP) is 2.28. The number of benzene rings is 1. The summed E-state index contributed by atoms with van der Waals surface area (Å²) in [5.74, 6) is 0.696. The van der Waals surface area contributed by atoms with Gasteiger partial charge in [0, 0.05) is 12.2 Å². The smallest absolute Gasteiger partial charge is 0.198 e. The van der Waals surface area contributed by atoms with Gasteiger partial charge in [-0.2, -0.15) is 9.94 Å². The molecule has 0 fully saturated rings. The summed E-state index contributed by atoms with van der Waals surface area (Å²) in [5.41, 5.74) is 3.32. The summed E-state index contributed by atoms with van der Waals surface area (Å²) in [5, 5.41) is 20.9. The largest absolute Gasteiger partial charge is 0.214 e. The monoisotopic (exact) mass is 259 g/mol. The van der Waals surface area contributed by atoms with Crippen molar-refractivity contribution in [2.75, 3.05) is 5.75 Å². The van der Waals surface area contributed by atoms with E-state index in [1.807, 2.05) is 19.1 Å². The third kappa shape index (κ3) is 2.68. The van der Waals surface area contributed by atoms with Crippen molar-refractivity contribution in [2.24, 2.45) is 0 Å². The lowest BCUT2D eigenvalue weighted by Crippen LogP contribution is -2.02. The molecule has 0 atom stereocenters. The van der Waals surface area contributed by atoms with Gasteiger partial charge in [0.2, 0.25) is 5.16 Å². The van der Waals surface area contributed by atoms with E-state index in [0.29, 0.717) is 12.2 Å². The van der Waals surface area contributed by atoms with Crippen molar-refractivity contribution in [2.45, 2.75) is 25.4 Å². The van der Waals surface area contributed by atoms with Gasteiger partial charge in [0.1, 0.15) is 0 Å². The molecule has 92 valence electrons. The summed E-state index contributed by atoms with van der Waals surface area (Å²) in [6, 6.07) is 8.25. The molecule has 18 heavy (non-hydrogen) atoms. The van der Waals surface area contributed by atoms with Gasteiger partial charge in [0.05, 0.1) is 11.8 Å². The normalized spacial score (nSPS) is 10.3. The van der Waals surface area contributed by atoms with E-state index in [9.17, 15) is 0 Å². The second kappa shape index (κ2) is 5.65. The van der Waals surface area contributed by atoms with Crippen LogP contribution in [0.5, 0.6) is 0 Å². The molecular weight excluding hydrogens is 246 g/mol. The van der Waals surface area contributed by atoms with Crippen LogP contribution in [-0.4, -0.2) is 26.0 Å². The number of rotatable bonds is 4. The van der Waals surface area contributed by atoms with E-state index in [1.54, 1.807) is 4.68 Å². The lowest BCUT2D eigenvalue weighted by molar-refractivity contribution is 0.751. The fraction of sp³-hybridized carbons (Fsp3) is 0.333. The molecule has 0 saturated heterocycles. The number of nitriles is 1. The minimum atomic E-state index is 0.490. The molecule has 0 amide bonds. The molecule has 0 bridgehead atoms. The number of hydrogen-bond donors (Lipinski definition) is 0. The number of hydrogen-bond acceptors (Lipinski definition) is 5. The topological polar surface area (TPSA) is 67.4 Å². The molecule has 0 saturated carbocycles. The van der Waals surface area contributed by atoms with Gasteiger partial charge in [-0.15, -0.1) is 5.10 Å². The number of aromatic nitrogens is 4. The lowest BCUT2D eigenvalue weighted by Gasteiger charge is -2.07. The zero-order valence-electron chi connectivity index (χ0n) is 10.3. The Kier molecular flexibility index (Phi) is 3.95. The molecule has 0 radical (unpaired) electrons. The summed E-state index contributed by atoms with van der Waals surface area (Å²) in [7, 11) is 0. The molecule has 2 rings (SSSR count). The number of thioether (sulfide) groups is 1. The second-order valence-electron chi connectivity index (χ2n) is 3.92. The minimum Gasteiger partial charge on any atom is -0.198 e. The summed E-state index contributed by atoms with van der Waals surface area (Å²) in [6.45, 7) is 4.09. The highest BCUT2D eigenvalue weighted by molar-refractivity contribution is 7.99. The van der Waals surface area contributed by atoms with Crippen molar-refractivity contribution in [3.8, 4) is 11.8 Å². The Morgan fingerprint density at radius 3 is 2.94 bits per heavy atom. The highest BCUT2D eigenvalue weighted by Crippen LogP contribution is 2.21. The first-order chi connectivity index (χ1) is 8.72. The van der Waals surface area contributed by atoms with Crippen LogP contribution in [0, 0.1) is 25.2 Å². The zero-order valence-corrected chi connectivity index (χ0v) is 11.1. The van der Waals surface area contributed by atoms with Crippen LogP contribution in [0.25, 0.3) is 5.69 Å². The quantitative estimate of drug-likeness (QED) is 0.622. The van der Waals surface area contributed by atoms with Crippen molar-refractivity contribution in [1.82, 2.24) is 20.2 Å². The minimum absolute atomic E-state index is 0.490. The predicted molar refractivity (Wildman–Crippen MR) is 69.6 cm³/mol. The van der Waals surface area contributed by atoms with Crippen LogP contribution in [0.4, 0.5) is 0 Å². The Balaban J connectivity index is 2.28. The maximum Gasteiger partial charge on any atom is 0.214 e. The number of aryl methyl sites for hydroxylation is 2. The van der Waals surface area contributed by atoms with Gasteiger partial charge >= 0.3 is 0 Å². The second-order valence-corrected chi connectivity index (χ2v) is 4.98. The molecule has 0 N–H and O–H groups in total. The first kappa shape index (κ1) is 12.6. The van der Waals surface area contributed by atoms with Gasteiger partial charge in [0.15, 0.2) is 0 Å². The van der Waals surface area contributed by atoms with Crippen LogP contribution < -0.4 is 0 Å². The molecule has 0 aliphatic heterocycles. The van der Waals surface area contributed by atoms with Crippen molar-refractivity contribution in [1.29, 1.82) is 5.26 Å². The standard InChI is InChI=1S/C12H13N5S/c1-9-4-5-11(10(2)8-9)17-12(14-15-16-17)18-7-3-6-13/h4-5,8H,3,7H2,1-2H3. The fourth-order valence-electron chi connectivity index (χ4n) is 1.65. The summed E-state index contributed by atoms with van der Waals surface area (Å²) >= 11 is 1.49. The van der Waals surface area contributed by atoms with Gasteiger partial charge in [-0.1, -0.05) is 29.5 Å². The van der Waals surface area contributed by atoms with E-state index < -0.39 is 0 Å². The van der Waals surface area contributed by atoms with E-state index in [2.05, 4.69) is 34.6 Å². The van der Waals surface area contributed by atoms with Crippen LogP contribution in [0.1, 0.15) is 17.5 Å². The Bertz CT molecular complexity index is 584. The van der Waals surface area contributed by atoms with E-state index in [1.165, 1.54) is 17.3 Å². The van der Waals surface area contributed by atoms with E-state index >= 15 is 0 Å². The molecular formula is C12H13N5S. The van der Waals surface area contributed by atoms with Gasteiger partial charge in [-0.3, -0.25) is 0 Å². The van der Waals surface area contributed by atoms with Crippen molar-refractivity contribution >= 4 is 11.8 Å². The SMILES string of the molecule is Cc1ccc(-n2nnnc2SCCC#N)c(C)c1. The molecule has 0 aliphatic carbocycles. The van der Waals surface area contributed by atoms with Gasteiger partial charge in [-0.25, -0.2) is 0 Å². The van der Waals surface area contributed by atoms with Crippen LogP contribution in [0.15, 0.2) is 23.4 Å². The zero-order chi connectivity index (χ0) is 13.0. The van der Waals surface area contributed by atoms with Crippen LogP contribution >= 0.6 is 11.8 Å². The highest BCUT2D eigenvalue weighted by atomic mass is 32.2. The highest BCUT2D eigenvalue weighted by Gasteiger charge is 2.10. The molecule has 0 aliphatic rings. The van der Waals surface area contributed by atoms with Gasteiger partial charge in [0.25, 0.3) is 0 Å². The first-order valence-electron chi connectivity index (χ1n) is 5.58. The van der Waals surface area contributed by atoms with Crippen LogP contribution in [0.3, 0.4) is 0 Å². The van der Waals surface area contributed by atoms with Crippen LogP contribution in [0.2, 0.25) is 0 Å².